The Morgan fingerprint density at radius 2 is 1.65 bits per heavy atom. The summed E-state index contributed by atoms with van der Waals surface area (Å²) in [4.78, 5) is 6.65. The number of anilines is 1. The molecule has 0 bridgehead atoms. The minimum Gasteiger partial charge on any atom is -0.405 e. The highest BCUT2D eigenvalue weighted by Crippen LogP contribution is 2.28. The molecule has 2 rings (SSSR count). The van der Waals surface area contributed by atoms with Gasteiger partial charge in [-0.05, 0) is 31.3 Å². The van der Waals surface area contributed by atoms with E-state index in [1.807, 2.05) is 64.2 Å². The summed E-state index contributed by atoms with van der Waals surface area (Å²) in [6, 6.07) is 14.5. The second kappa shape index (κ2) is 13.4. The van der Waals surface area contributed by atoms with Crippen molar-refractivity contribution >= 4 is 17.1 Å². The first-order valence-electron chi connectivity index (χ1n) is 8.59. The molecule has 2 aromatic rings. The van der Waals surface area contributed by atoms with Gasteiger partial charge in [-0.3, -0.25) is 4.99 Å². The fourth-order valence-electron chi connectivity index (χ4n) is 2.17. The van der Waals surface area contributed by atoms with Gasteiger partial charge in [0.2, 0.25) is 0 Å². The number of nitrogens with two attached hydrogens (primary N) is 1. The highest BCUT2D eigenvalue weighted by atomic mass is 19.1. The van der Waals surface area contributed by atoms with Gasteiger partial charge in [0.25, 0.3) is 0 Å². The summed E-state index contributed by atoms with van der Waals surface area (Å²) in [6.45, 7) is 13.4. The predicted molar refractivity (Wildman–Crippen MR) is 114 cm³/mol. The molecule has 26 heavy (non-hydrogen) atoms. The number of para-hydroxylation sites is 2. The lowest BCUT2D eigenvalue weighted by atomic mass is 10.1. The van der Waals surface area contributed by atoms with Gasteiger partial charge in [0.15, 0.2) is 0 Å². The highest BCUT2D eigenvalue weighted by Gasteiger charge is 2.08. The Labute approximate surface area is 157 Å². The molecule has 0 fully saturated rings. The van der Waals surface area contributed by atoms with Crippen molar-refractivity contribution in [3.8, 4) is 0 Å². The number of likely N-dealkylation sites (N-methyl/N-ethyl adjacent to an activating group) is 1. The molecular weight excluding hydrogens is 325 g/mol. The molecule has 0 saturated heterocycles. The van der Waals surface area contributed by atoms with Crippen LogP contribution < -0.4 is 10.6 Å². The largest absolute Gasteiger partial charge is 0.405 e. The molecule has 0 aliphatic carbocycles. The SMILES string of the molecule is C=CCN(C)c1ccccc1N=C(C)c1ccccc1F.C=CN.CC. The maximum Gasteiger partial charge on any atom is 0.132 e. The number of aliphatic imine (C=N–C) groups is 1. The molecule has 0 radical (unpaired) electrons. The Bertz CT molecular complexity index is 708. The molecule has 2 N–H and O–H groups in total. The van der Waals surface area contributed by atoms with E-state index in [4.69, 9.17) is 0 Å². The fourth-order valence-corrected chi connectivity index (χ4v) is 2.17. The van der Waals surface area contributed by atoms with Crippen molar-refractivity contribution in [1.29, 1.82) is 0 Å². The molecule has 3 nitrogen and oxygen atoms in total. The third-order valence-electron chi connectivity index (χ3n) is 3.25. The average Bonchev–Trinajstić information content (AvgIpc) is 2.65. The van der Waals surface area contributed by atoms with Gasteiger partial charge < -0.3 is 10.6 Å². The molecule has 140 valence electrons. The Morgan fingerprint density at radius 1 is 1.12 bits per heavy atom. The van der Waals surface area contributed by atoms with Gasteiger partial charge in [0, 0.05) is 24.9 Å². The van der Waals surface area contributed by atoms with Crippen LogP contribution in [0.25, 0.3) is 0 Å². The first kappa shape index (κ1) is 23.1. The van der Waals surface area contributed by atoms with Gasteiger partial charge >= 0.3 is 0 Å². The monoisotopic (exact) mass is 355 g/mol. The predicted octanol–water partition coefficient (Wildman–Crippen LogP) is 5.70. The van der Waals surface area contributed by atoms with Crippen LogP contribution in [-0.2, 0) is 0 Å². The fraction of sp³-hybridized carbons (Fsp3) is 0.227. The molecule has 0 aliphatic rings. The van der Waals surface area contributed by atoms with Crippen LogP contribution in [-0.4, -0.2) is 19.3 Å². The molecule has 0 amide bonds. The molecule has 0 heterocycles. The van der Waals surface area contributed by atoms with E-state index in [2.05, 4.69) is 28.8 Å². The summed E-state index contributed by atoms with van der Waals surface area (Å²) < 4.78 is 13.8. The first-order valence-corrected chi connectivity index (χ1v) is 8.59. The number of nitrogens with zero attached hydrogens (tertiary/aromatic N) is 2. The van der Waals surface area contributed by atoms with Crippen LogP contribution >= 0.6 is 0 Å². The highest BCUT2D eigenvalue weighted by molar-refractivity contribution is 6.01. The molecular formula is C22H30FN3. The summed E-state index contributed by atoms with van der Waals surface area (Å²) in [7, 11) is 1.98. The second-order valence-corrected chi connectivity index (χ2v) is 5.07. The van der Waals surface area contributed by atoms with E-state index in [0.717, 1.165) is 17.9 Å². The molecule has 0 aromatic heterocycles. The Kier molecular flexibility index (Phi) is 11.9. The molecule has 0 atom stereocenters. The van der Waals surface area contributed by atoms with Crippen LogP contribution in [0.5, 0.6) is 0 Å². The maximum atomic E-state index is 13.8. The van der Waals surface area contributed by atoms with E-state index >= 15 is 0 Å². The van der Waals surface area contributed by atoms with E-state index < -0.39 is 0 Å². The smallest absolute Gasteiger partial charge is 0.132 e. The lowest BCUT2D eigenvalue weighted by Crippen LogP contribution is -2.16. The van der Waals surface area contributed by atoms with Crippen molar-refractivity contribution in [2.75, 3.05) is 18.5 Å². The van der Waals surface area contributed by atoms with Crippen LogP contribution in [0.3, 0.4) is 0 Å². The van der Waals surface area contributed by atoms with Crippen LogP contribution in [0, 0.1) is 5.82 Å². The van der Waals surface area contributed by atoms with Crippen molar-refractivity contribution < 1.29 is 4.39 Å². The Balaban J connectivity index is 0.00000113. The van der Waals surface area contributed by atoms with E-state index in [-0.39, 0.29) is 5.82 Å². The van der Waals surface area contributed by atoms with Crippen LogP contribution in [0.15, 0.2) is 79.0 Å². The molecule has 0 aliphatic heterocycles. The molecule has 2 aromatic carbocycles. The van der Waals surface area contributed by atoms with Crippen molar-refractivity contribution in [1.82, 2.24) is 0 Å². The van der Waals surface area contributed by atoms with Gasteiger partial charge in [-0.15, -0.1) is 6.58 Å². The second-order valence-electron chi connectivity index (χ2n) is 5.07. The van der Waals surface area contributed by atoms with E-state index in [9.17, 15) is 4.39 Å². The number of benzene rings is 2. The zero-order valence-corrected chi connectivity index (χ0v) is 16.2. The number of hydrogen-bond donors (Lipinski definition) is 1. The topological polar surface area (TPSA) is 41.6 Å². The zero-order chi connectivity index (χ0) is 19.9. The lowest BCUT2D eigenvalue weighted by Gasteiger charge is -2.19. The van der Waals surface area contributed by atoms with Gasteiger partial charge in [-0.25, -0.2) is 4.39 Å². The van der Waals surface area contributed by atoms with Crippen molar-refractivity contribution in [2.24, 2.45) is 10.7 Å². The third kappa shape index (κ3) is 7.34. The van der Waals surface area contributed by atoms with Gasteiger partial charge in [0.1, 0.15) is 5.82 Å². The summed E-state index contributed by atoms with van der Waals surface area (Å²) in [5.74, 6) is -0.254. The van der Waals surface area contributed by atoms with Crippen molar-refractivity contribution in [3.05, 3.63) is 85.3 Å². The quantitative estimate of drug-likeness (QED) is 0.552. The number of rotatable bonds is 5. The van der Waals surface area contributed by atoms with Gasteiger partial charge in [-0.2, -0.15) is 0 Å². The van der Waals surface area contributed by atoms with Gasteiger partial charge in [0.05, 0.1) is 11.4 Å². The molecule has 0 unspecified atom stereocenters. The first-order chi connectivity index (χ1) is 12.5. The minimum atomic E-state index is -0.254. The van der Waals surface area contributed by atoms with E-state index in [1.54, 1.807) is 12.1 Å². The Hall–Kier alpha value is -2.88. The third-order valence-corrected chi connectivity index (χ3v) is 3.25. The van der Waals surface area contributed by atoms with Crippen LogP contribution in [0.2, 0.25) is 0 Å². The van der Waals surface area contributed by atoms with E-state index in [0.29, 0.717) is 11.3 Å². The maximum absolute atomic E-state index is 13.8. The lowest BCUT2D eigenvalue weighted by molar-refractivity contribution is 0.625. The molecule has 0 saturated carbocycles. The standard InChI is InChI=1S/C18H19FN2.C2H5N.C2H6/c1-4-13-21(3)18-12-8-7-11-17(18)20-14(2)15-9-5-6-10-16(15)19;1-2-3;1-2/h4-12H,1,13H2,2-3H3;2H,1,3H2;1-2H3. The normalized spacial score (nSPS) is 9.81. The van der Waals surface area contributed by atoms with E-state index in [1.165, 1.54) is 12.3 Å². The Morgan fingerprint density at radius 3 is 2.23 bits per heavy atom. The number of halogens is 1. The zero-order valence-electron chi connectivity index (χ0n) is 16.2. The summed E-state index contributed by atoms with van der Waals surface area (Å²) in [5, 5.41) is 0. The molecule has 0 spiro atoms. The number of hydrogen-bond acceptors (Lipinski definition) is 3. The average molecular weight is 356 g/mol. The van der Waals surface area contributed by atoms with Crippen molar-refractivity contribution in [2.45, 2.75) is 20.8 Å². The summed E-state index contributed by atoms with van der Waals surface area (Å²) >= 11 is 0. The van der Waals surface area contributed by atoms with Crippen molar-refractivity contribution in [3.63, 3.8) is 0 Å². The van der Waals surface area contributed by atoms with Gasteiger partial charge in [-0.1, -0.05) is 56.8 Å². The molecule has 4 heteroatoms. The van der Waals surface area contributed by atoms with Crippen LogP contribution in [0.1, 0.15) is 26.3 Å². The minimum absolute atomic E-state index is 0.254. The summed E-state index contributed by atoms with van der Waals surface area (Å²) in [6.07, 6.45) is 3.09. The van der Waals surface area contributed by atoms with Crippen LogP contribution in [0.4, 0.5) is 15.8 Å². The summed E-state index contributed by atoms with van der Waals surface area (Å²) in [5.41, 5.74) is 7.61.